The van der Waals surface area contributed by atoms with Gasteiger partial charge in [0.1, 0.15) is 0 Å². The zero-order chi connectivity index (χ0) is 12.2. The Morgan fingerprint density at radius 2 is 1.67 bits per heavy atom. The fourth-order valence-electron chi connectivity index (χ4n) is 4.41. The van der Waals surface area contributed by atoms with Crippen LogP contribution in [0.25, 0.3) is 0 Å². The first-order valence-corrected chi connectivity index (χ1v) is 8.35. The standard InChI is InChI=1S/C16H30N2/c1-2-4-16-13-18(12-8-15(16)3-1)11-7-14-5-9-17-10-6-14/h14-17H,1-13H2. The van der Waals surface area contributed by atoms with E-state index >= 15 is 0 Å². The summed E-state index contributed by atoms with van der Waals surface area (Å²) < 4.78 is 0. The third-order valence-electron chi connectivity index (χ3n) is 5.69. The van der Waals surface area contributed by atoms with Crippen molar-refractivity contribution in [3.05, 3.63) is 0 Å². The molecule has 1 aliphatic carbocycles. The van der Waals surface area contributed by atoms with Crippen LogP contribution in [0.1, 0.15) is 51.4 Å². The Labute approximate surface area is 113 Å². The van der Waals surface area contributed by atoms with Gasteiger partial charge in [0.05, 0.1) is 0 Å². The van der Waals surface area contributed by atoms with Crippen LogP contribution in [0.2, 0.25) is 0 Å². The van der Waals surface area contributed by atoms with Gasteiger partial charge in [-0.05, 0) is 76.0 Å². The number of nitrogens with one attached hydrogen (secondary N) is 1. The minimum atomic E-state index is 1.01. The molecule has 3 rings (SSSR count). The predicted octanol–water partition coefficient (Wildman–Crippen LogP) is 2.89. The molecule has 3 aliphatic rings. The molecule has 2 heterocycles. The maximum absolute atomic E-state index is 3.48. The summed E-state index contributed by atoms with van der Waals surface area (Å²) in [4.78, 5) is 2.79. The Kier molecular flexibility index (Phi) is 4.58. The molecule has 0 radical (unpaired) electrons. The zero-order valence-electron chi connectivity index (χ0n) is 11.9. The van der Waals surface area contributed by atoms with Gasteiger partial charge in [-0.2, -0.15) is 0 Å². The minimum absolute atomic E-state index is 1.01. The van der Waals surface area contributed by atoms with Crippen molar-refractivity contribution in [3.8, 4) is 0 Å². The van der Waals surface area contributed by atoms with Crippen LogP contribution >= 0.6 is 0 Å². The van der Waals surface area contributed by atoms with Gasteiger partial charge in [0.15, 0.2) is 0 Å². The van der Waals surface area contributed by atoms with Gasteiger partial charge < -0.3 is 10.2 Å². The van der Waals surface area contributed by atoms with Crippen LogP contribution in [0.5, 0.6) is 0 Å². The molecule has 0 amide bonds. The molecule has 2 saturated heterocycles. The highest BCUT2D eigenvalue weighted by Crippen LogP contribution is 2.36. The monoisotopic (exact) mass is 250 g/mol. The Morgan fingerprint density at radius 1 is 0.889 bits per heavy atom. The third kappa shape index (κ3) is 3.27. The lowest BCUT2D eigenvalue weighted by molar-refractivity contribution is 0.0814. The quantitative estimate of drug-likeness (QED) is 0.828. The first-order chi connectivity index (χ1) is 8.92. The molecule has 0 bridgehead atoms. The number of hydrogen-bond acceptors (Lipinski definition) is 2. The second kappa shape index (κ2) is 6.38. The maximum Gasteiger partial charge on any atom is 0.00123 e. The third-order valence-corrected chi connectivity index (χ3v) is 5.69. The molecule has 0 aromatic heterocycles. The van der Waals surface area contributed by atoms with E-state index < -0.39 is 0 Å². The van der Waals surface area contributed by atoms with E-state index in [4.69, 9.17) is 0 Å². The molecule has 2 unspecified atom stereocenters. The van der Waals surface area contributed by atoms with Crippen LogP contribution in [-0.4, -0.2) is 37.6 Å². The lowest BCUT2D eigenvalue weighted by Gasteiger charge is -2.41. The predicted molar refractivity (Wildman–Crippen MR) is 76.7 cm³/mol. The fourth-order valence-corrected chi connectivity index (χ4v) is 4.41. The summed E-state index contributed by atoms with van der Waals surface area (Å²) in [5, 5.41) is 3.48. The van der Waals surface area contributed by atoms with Crippen molar-refractivity contribution in [2.24, 2.45) is 17.8 Å². The van der Waals surface area contributed by atoms with Crippen molar-refractivity contribution < 1.29 is 0 Å². The summed E-state index contributed by atoms with van der Waals surface area (Å²) in [7, 11) is 0. The van der Waals surface area contributed by atoms with E-state index in [9.17, 15) is 0 Å². The topological polar surface area (TPSA) is 15.3 Å². The van der Waals surface area contributed by atoms with E-state index in [-0.39, 0.29) is 0 Å². The van der Waals surface area contributed by atoms with Crippen molar-refractivity contribution >= 4 is 0 Å². The van der Waals surface area contributed by atoms with Crippen LogP contribution < -0.4 is 5.32 Å². The van der Waals surface area contributed by atoms with Gasteiger partial charge >= 0.3 is 0 Å². The molecule has 2 atom stereocenters. The second-order valence-corrected chi connectivity index (χ2v) is 6.88. The van der Waals surface area contributed by atoms with Gasteiger partial charge in [0, 0.05) is 6.54 Å². The molecule has 2 aliphatic heterocycles. The summed E-state index contributed by atoms with van der Waals surface area (Å²) in [6.45, 7) is 6.72. The van der Waals surface area contributed by atoms with Crippen molar-refractivity contribution in [1.29, 1.82) is 0 Å². The molecule has 18 heavy (non-hydrogen) atoms. The summed E-state index contributed by atoms with van der Waals surface area (Å²) in [5.74, 6) is 3.16. The first-order valence-electron chi connectivity index (χ1n) is 8.35. The van der Waals surface area contributed by atoms with E-state index in [1.807, 2.05) is 0 Å². The summed E-state index contributed by atoms with van der Waals surface area (Å²) >= 11 is 0. The zero-order valence-corrected chi connectivity index (χ0v) is 11.9. The number of fused-ring (bicyclic) bond motifs is 1. The van der Waals surface area contributed by atoms with Crippen molar-refractivity contribution in [1.82, 2.24) is 10.2 Å². The highest BCUT2D eigenvalue weighted by molar-refractivity contribution is 4.84. The summed E-state index contributed by atoms with van der Waals surface area (Å²) in [6.07, 6.45) is 11.9. The molecular weight excluding hydrogens is 220 g/mol. The number of hydrogen-bond donors (Lipinski definition) is 1. The van der Waals surface area contributed by atoms with Gasteiger partial charge in [0.2, 0.25) is 0 Å². The summed E-state index contributed by atoms with van der Waals surface area (Å²) in [6, 6.07) is 0. The normalized spacial score (nSPS) is 35.3. The molecule has 0 aromatic rings. The largest absolute Gasteiger partial charge is 0.317 e. The van der Waals surface area contributed by atoms with E-state index in [0.29, 0.717) is 0 Å². The number of nitrogens with zero attached hydrogens (tertiary/aromatic N) is 1. The fraction of sp³-hybridized carbons (Fsp3) is 1.00. The number of piperidine rings is 2. The van der Waals surface area contributed by atoms with E-state index in [2.05, 4.69) is 10.2 Å². The summed E-state index contributed by atoms with van der Waals surface area (Å²) in [5.41, 5.74) is 0. The van der Waals surface area contributed by atoms with Gasteiger partial charge in [-0.3, -0.25) is 0 Å². The average Bonchev–Trinajstić information content (AvgIpc) is 2.46. The molecule has 1 N–H and O–H groups in total. The first kappa shape index (κ1) is 12.9. The lowest BCUT2D eigenvalue weighted by Crippen LogP contribution is -2.42. The molecule has 1 saturated carbocycles. The lowest BCUT2D eigenvalue weighted by atomic mass is 9.75. The molecule has 3 fully saturated rings. The van der Waals surface area contributed by atoms with E-state index in [0.717, 1.165) is 17.8 Å². The minimum Gasteiger partial charge on any atom is -0.317 e. The molecule has 0 spiro atoms. The van der Waals surface area contributed by atoms with Gasteiger partial charge in [-0.25, -0.2) is 0 Å². The SMILES string of the molecule is C1CCC2CN(CCC3CCNCC3)CCC2C1. The van der Waals surface area contributed by atoms with Crippen LogP contribution in [0, 0.1) is 17.8 Å². The molecular formula is C16H30N2. The van der Waals surface area contributed by atoms with Crippen LogP contribution in [0.15, 0.2) is 0 Å². The van der Waals surface area contributed by atoms with Crippen molar-refractivity contribution in [3.63, 3.8) is 0 Å². The molecule has 104 valence electrons. The highest BCUT2D eigenvalue weighted by atomic mass is 15.1. The smallest absolute Gasteiger partial charge is 0.00123 e. The van der Waals surface area contributed by atoms with Crippen LogP contribution in [-0.2, 0) is 0 Å². The molecule has 2 heteroatoms. The molecule has 2 nitrogen and oxygen atoms in total. The van der Waals surface area contributed by atoms with E-state index in [1.54, 1.807) is 0 Å². The van der Waals surface area contributed by atoms with Crippen molar-refractivity contribution in [2.75, 3.05) is 32.7 Å². The van der Waals surface area contributed by atoms with Crippen molar-refractivity contribution in [2.45, 2.75) is 51.4 Å². The number of likely N-dealkylation sites (tertiary alicyclic amines) is 1. The van der Waals surface area contributed by atoms with Gasteiger partial charge in [0.25, 0.3) is 0 Å². The van der Waals surface area contributed by atoms with Crippen LogP contribution in [0.4, 0.5) is 0 Å². The Hall–Kier alpha value is -0.0800. The Balaban J connectivity index is 1.40. The number of rotatable bonds is 3. The van der Waals surface area contributed by atoms with Crippen LogP contribution in [0.3, 0.4) is 0 Å². The van der Waals surface area contributed by atoms with Gasteiger partial charge in [-0.1, -0.05) is 19.3 Å². The Bertz CT molecular complexity index is 247. The molecule has 0 aromatic carbocycles. The average molecular weight is 250 g/mol. The second-order valence-electron chi connectivity index (χ2n) is 6.88. The Morgan fingerprint density at radius 3 is 2.50 bits per heavy atom. The maximum atomic E-state index is 3.48. The van der Waals surface area contributed by atoms with E-state index in [1.165, 1.54) is 84.1 Å². The van der Waals surface area contributed by atoms with Gasteiger partial charge in [-0.15, -0.1) is 0 Å². The highest BCUT2D eigenvalue weighted by Gasteiger charge is 2.30.